The van der Waals surface area contributed by atoms with Crippen molar-refractivity contribution in [3.8, 4) is 0 Å². The van der Waals surface area contributed by atoms with E-state index in [9.17, 15) is 0 Å². The van der Waals surface area contributed by atoms with Crippen molar-refractivity contribution in [2.24, 2.45) is 4.99 Å². The van der Waals surface area contributed by atoms with E-state index in [1.807, 2.05) is 12.2 Å². The van der Waals surface area contributed by atoms with Gasteiger partial charge in [-0.2, -0.15) is 0 Å². The largest absolute Gasteiger partial charge is 0.394 e. The quantitative estimate of drug-likeness (QED) is 0.751. The Bertz CT molecular complexity index is 378. The summed E-state index contributed by atoms with van der Waals surface area (Å²) in [5.74, 6) is 0. The number of anilines is 1. The Hall–Kier alpha value is -1.61. The Morgan fingerprint density at radius 2 is 1.83 bits per heavy atom. The third-order valence-corrected chi connectivity index (χ3v) is 2.73. The minimum Gasteiger partial charge on any atom is -0.394 e. The Morgan fingerprint density at radius 1 is 1.17 bits per heavy atom. The molecule has 3 heteroatoms. The molecule has 0 fully saturated rings. The highest BCUT2D eigenvalue weighted by Gasteiger charge is 1.99. The predicted octanol–water partition coefficient (Wildman–Crippen LogP) is 2.61. The summed E-state index contributed by atoms with van der Waals surface area (Å²) in [7, 11) is 0. The van der Waals surface area contributed by atoms with Gasteiger partial charge >= 0.3 is 0 Å². The minimum atomic E-state index is 0.100. The van der Waals surface area contributed by atoms with E-state index in [1.165, 1.54) is 5.69 Å². The molecular formula is C15H22N2O. The van der Waals surface area contributed by atoms with Gasteiger partial charge in [0.1, 0.15) is 0 Å². The lowest BCUT2D eigenvalue weighted by molar-refractivity contribution is 0.307. The molecule has 1 aromatic rings. The first-order chi connectivity index (χ1) is 8.81. The van der Waals surface area contributed by atoms with Crippen LogP contribution >= 0.6 is 0 Å². The molecule has 0 atom stereocenters. The fourth-order valence-electron chi connectivity index (χ4n) is 1.73. The molecule has 1 aromatic carbocycles. The van der Waals surface area contributed by atoms with Gasteiger partial charge < -0.3 is 10.0 Å². The summed E-state index contributed by atoms with van der Waals surface area (Å²) in [5.41, 5.74) is 2.41. The zero-order chi connectivity index (χ0) is 13.2. The normalized spacial score (nSPS) is 11.5. The van der Waals surface area contributed by atoms with Crippen LogP contribution in [0.3, 0.4) is 0 Å². The SMILES string of the molecule is CCN(CC)c1ccc(C=CC=NCCO)cc1. The van der Waals surface area contributed by atoms with Gasteiger partial charge in [-0.05, 0) is 37.6 Å². The average molecular weight is 246 g/mol. The summed E-state index contributed by atoms with van der Waals surface area (Å²) in [4.78, 5) is 6.32. The van der Waals surface area contributed by atoms with E-state index in [2.05, 4.69) is 48.0 Å². The molecule has 0 aliphatic rings. The third kappa shape index (κ3) is 4.72. The summed E-state index contributed by atoms with van der Waals surface area (Å²) in [6.07, 6.45) is 5.61. The molecule has 0 unspecified atom stereocenters. The first-order valence-corrected chi connectivity index (χ1v) is 6.44. The number of allylic oxidation sites excluding steroid dienone is 1. The van der Waals surface area contributed by atoms with Crippen molar-refractivity contribution in [3.05, 3.63) is 35.9 Å². The minimum absolute atomic E-state index is 0.100. The van der Waals surface area contributed by atoms with Gasteiger partial charge in [-0.15, -0.1) is 0 Å². The molecular weight excluding hydrogens is 224 g/mol. The average Bonchev–Trinajstić information content (AvgIpc) is 2.41. The second kappa shape index (κ2) is 8.48. The molecule has 0 bridgehead atoms. The topological polar surface area (TPSA) is 35.8 Å². The number of hydrogen-bond donors (Lipinski definition) is 1. The first kappa shape index (κ1) is 14.5. The third-order valence-electron chi connectivity index (χ3n) is 2.73. The van der Waals surface area contributed by atoms with Crippen LogP contribution in [0.15, 0.2) is 35.3 Å². The van der Waals surface area contributed by atoms with Crippen LogP contribution in [0.4, 0.5) is 5.69 Å². The predicted molar refractivity (Wildman–Crippen MR) is 79.5 cm³/mol. The molecule has 0 spiro atoms. The molecule has 0 aliphatic carbocycles. The molecule has 0 saturated carbocycles. The second-order valence-electron chi connectivity index (χ2n) is 3.90. The molecule has 1 N–H and O–H groups in total. The zero-order valence-electron chi connectivity index (χ0n) is 11.2. The maximum absolute atomic E-state index is 8.57. The smallest absolute Gasteiger partial charge is 0.0626 e. The van der Waals surface area contributed by atoms with E-state index in [1.54, 1.807) is 6.21 Å². The Balaban J connectivity index is 2.60. The number of nitrogens with zero attached hydrogens (tertiary/aromatic N) is 2. The molecule has 0 aliphatic heterocycles. The summed E-state index contributed by atoms with van der Waals surface area (Å²) in [5, 5.41) is 8.57. The second-order valence-corrected chi connectivity index (χ2v) is 3.90. The van der Waals surface area contributed by atoms with Crippen molar-refractivity contribution in [3.63, 3.8) is 0 Å². The van der Waals surface area contributed by atoms with Gasteiger partial charge in [0, 0.05) is 25.0 Å². The van der Waals surface area contributed by atoms with E-state index in [4.69, 9.17) is 5.11 Å². The van der Waals surface area contributed by atoms with Gasteiger partial charge in [-0.25, -0.2) is 0 Å². The molecule has 0 amide bonds. The Morgan fingerprint density at radius 3 is 2.39 bits per heavy atom. The van der Waals surface area contributed by atoms with Crippen molar-refractivity contribution in [1.82, 2.24) is 0 Å². The highest BCUT2D eigenvalue weighted by Crippen LogP contribution is 2.15. The summed E-state index contributed by atoms with van der Waals surface area (Å²) in [6, 6.07) is 8.48. The van der Waals surface area contributed by atoms with Gasteiger partial charge in [-0.1, -0.05) is 18.2 Å². The maximum Gasteiger partial charge on any atom is 0.0626 e. The van der Waals surface area contributed by atoms with Crippen molar-refractivity contribution >= 4 is 18.0 Å². The number of hydrogen-bond acceptors (Lipinski definition) is 3. The standard InChI is InChI=1S/C15H22N2O/c1-3-17(4-2)15-9-7-14(8-10-15)6-5-11-16-12-13-18/h5-11,18H,3-4,12-13H2,1-2H3. The lowest BCUT2D eigenvalue weighted by Crippen LogP contribution is -2.21. The lowest BCUT2D eigenvalue weighted by Gasteiger charge is -2.20. The monoisotopic (exact) mass is 246 g/mol. The fourth-order valence-corrected chi connectivity index (χ4v) is 1.73. The van der Waals surface area contributed by atoms with Gasteiger partial charge in [0.15, 0.2) is 0 Å². The van der Waals surface area contributed by atoms with Crippen molar-refractivity contribution in [2.45, 2.75) is 13.8 Å². The molecule has 0 radical (unpaired) electrons. The molecule has 18 heavy (non-hydrogen) atoms. The van der Waals surface area contributed by atoms with Crippen LogP contribution in [0.25, 0.3) is 6.08 Å². The molecule has 3 nitrogen and oxygen atoms in total. The van der Waals surface area contributed by atoms with Crippen molar-refractivity contribution in [2.75, 3.05) is 31.1 Å². The van der Waals surface area contributed by atoms with Crippen LogP contribution in [0.2, 0.25) is 0 Å². The first-order valence-electron chi connectivity index (χ1n) is 6.44. The van der Waals surface area contributed by atoms with Crippen LogP contribution in [0, 0.1) is 0 Å². The Kier molecular flexibility index (Phi) is 6.81. The molecule has 0 aromatic heterocycles. The summed E-state index contributed by atoms with van der Waals surface area (Å²) in [6.45, 7) is 6.94. The van der Waals surface area contributed by atoms with E-state index in [0.29, 0.717) is 6.54 Å². The van der Waals surface area contributed by atoms with E-state index in [0.717, 1.165) is 18.7 Å². The van der Waals surface area contributed by atoms with Crippen molar-refractivity contribution in [1.29, 1.82) is 0 Å². The van der Waals surface area contributed by atoms with E-state index in [-0.39, 0.29) is 6.61 Å². The number of aliphatic hydroxyl groups is 1. The maximum atomic E-state index is 8.57. The molecule has 0 saturated heterocycles. The van der Waals surface area contributed by atoms with Crippen LogP contribution < -0.4 is 4.90 Å². The van der Waals surface area contributed by atoms with Crippen LogP contribution in [0.1, 0.15) is 19.4 Å². The van der Waals surface area contributed by atoms with E-state index < -0.39 is 0 Å². The Labute approximate surface area is 109 Å². The highest BCUT2D eigenvalue weighted by molar-refractivity contribution is 5.78. The number of aliphatic imine (C=N–C) groups is 1. The fraction of sp³-hybridized carbons (Fsp3) is 0.400. The van der Waals surface area contributed by atoms with Crippen LogP contribution in [-0.4, -0.2) is 37.6 Å². The van der Waals surface area contributed by atoms with Crippen LogP contribution in [-0.2, 0) is 0 Å². The number of rotatable bonds is 7. The number of benzene rings is 1. The van der Waals surface area contributed by atoms with Gasteiger partial charge in [0.05, 0.1) is 13.2 Å². The molecule has 1 rings (SSSR count). The van der Waals surface area contributed by atoms with Gasteiger partial charge in [-0.3, -0.25) is 4.99 Å². The summed E-state index contributed by atoms with van der Waals surface area (Å²) >= 11 is 0. The van der Waals surface area contributed by atoms with Crippen molar-refractivity contribution < 1.29 is 5.11 Å². The zero-order valence-corrected chi connectivity index (χ0v) is 11.2. The highest BCUT2D eigenvalue weighted by atomic mass is 16.3. The molecule has 0 heterocycles. The van der Waals surface area contributed by atoms with E-state index >= 15 is 0 Å². The summed E-state index contributed by atoms with van der Waals surface area (Å²) < 4.78 is 0. The van der Waals surface area contributed by atoms with Gasteiger partial charge in [0.25, 0.3) is 0 Å². The molecule has 98 valence electrons. The van der Waals surface area contributed by atoms with Gasteiger partial charge in [0.2, 0.25) is 0 Å². The lowest BCUT2D eigenvalue weighted by atomic mass is 10.2. The number of aliphatic hydroxyl groups excluding tert-OH is 1. The van der Waals surface area contributed by atoms with Crippen LogP contribution in [0.5, 0.6) is 0 Å².